The molecule has 71 heavy (non-hydrogen) atoms. The predicted octanol–water partition coefficient (Wildman–Crippen LogP) is 18.1. The van der Waals surface area contributed by atoms with Crippen LogP contribution in [0.5, 0.6) is 0 Å². The van der Waals surface area contributed by atoms with E-state index in [2.05, 4.69) is 217 Å². The molecule has 0 unspecified atom stereocenters. The molecule has 0 bridgehead atoms. The van der Waals surface area contributed by atoms with Gasteiger partial charge in [-0.15, -0.1) is 0 Å². The van der Waals surface area contributed by atoms with Gasteiger partial charge in [0.25, 0.3) is 0 Å². The Morgan fingerprint density at radius 1 is 0.366 bits per heavy atom. The van der Waals surface area contributed by atoms with E-state index in [1.165, 1.54) is 65.3 Å². The van der Waals surface area contributed by atoms with E-state index in [0.29, 0.717) is 17.5 Å². The third-order valence-corrected chi connectivity index (χ3v) is 13.8. The Balaban J connectivity index is 0.00000125. The van der Waals surface area contributed by atoms with Gasteiger partial charge in [0.2, 0.25) is 0 Å². The van der Waals surface area contributed by atoms with Crippen LogP contribution in [0.1, 0.15) is 32.5 Å². The standard InChI is InChI=1S/C63H42N4.C4H8/c1-3-18-41(19-4-1)61-64-62(42-20-5-2-6-21-42)66-63(65-61)46-24-15-22-43(38-46)44-23-16-25-47(39-44)67-58-34-14-13-32-56(58)60-55(33-17-35-59(60)67)49-27-8-7-26-48(49)45-36-37-54-52-30-10-9-28-50(52)51-29-11-12-31-53(51)57(54)40-45;1-3-4-2/h1,3-5,7-40H,2,6H2;3-4H,1-2H3/b;4-3-. The fourth-order valence-corrected chi connectivity index (χ4v) is 10.4. The summed E-state index contributed by atoms with van der Waals surface area (Å²) >= 11 is 0. The number of hydrogen-bond acceptors (Lipinski definition) is 3. The van der Waals surface area contributed by atoms with E-state index in [9.17, 15) is 0 Å². The van der Waals surface area contributed by atoms with Crippen LogP contribution in [0.2, 0.25) is 0 Å². The zero-order valence-electron chi connectivity index (χ0n) is 39.8. The number of nitrogens with zero attached hydrogens (tertiary/aromatic N) is 4. The fraction of sp³-hybridized carbons (Fsp3) is 0.0597. The maximum absolute atomic E-state index is 5.06. The smallest absolute Gasteiger partial charge is 0.164 e. The van der Waals surface area contributed by atoms with Crippen LogP contribution in [-0.4, -0.2) is 19.5 Å². The van der Waals surface area contributed by atoms with Crippen LogP contribution in [0.3, 0.4) is 0 Å². The highest BCUT2D eigenvalue weighted by molar-refractivity contribution is 6.26. The monoisotopic (exact) mass is 910 g/mol. The van der Waals surface area contributed by atoms with Crippen molar-refractivity contribution in [3.05, 3.63) is 249 Å². The summed E-state index contributed by atoms with van der Waals surface area (Å²) in [4.78, 5) is 15.1. The molecule has 0 saturated heterocycles. The molecule has 0 fully saturated rings. The Morgan fingerprint density at radius 2 is 0.901 bits per heavy atom. The molecule has 1 aliphatic rings. The lowest BCUT2D eigenvalue weighted by atomic mass is 9.89. The molecule has 0 atom stereocenters. The molecule has 4 nitrogen and oxygen atoms in total. The molecule has 338 valence electrons. The van der Waals surface area contributed by atoms with E-state index in [0.717, 1.165) is 57.4 Å². The van der Waals surface area contributed by atoms with Gasteiger partial charge in [0.15, 0.2) is 17.5 Å². The molecule has 0 radical (unpaired) electrons. The van der Waals surface area contributed by atoms with Gasteiger partial charge in [-0.25, -0.2) is 15.0 Å². The van der Waals surface area contributed by atoms with E-state index < -0.39 is 0 Å². The van der Waals surface area contributed by atoms with Crippen molar-refractivity contribution in [3.8, 4) is 61.8 Å². The largest absolute Gasteiger partial charge is 0.309 e. The van der Waals surface area contributed by atoms with Gasteiger partial charge < -0.3 is 4.57 Å². The van der Waals surface area contributed by atoms with E-state index in [-0.39, 0.29) is 0 Å². The lowest BCUT2D eigenvalue weighted by Gasteiger charge is -2.15. The number of hydrogen-bond donors (Lipinski definition) is 0. The Bertz CT molecular complexity index is 4040. The van der Waals surface area contributed by atoms with Crippen molar-refractivity contribution in [1.82, 2.24) is 19.5 Å². The Labute approximate surface area is 414 Å². The molecule has 13 rings (SSSR count). The second-order valence-electron chi connectivity index (χ2n) is 18.1. The summed E-state index contributed by atoms with van der Waals surface area (Å²) in [7, 11) is 0. The molecule has 0 aliphatic heterocycles. The third kappa shape index (κ3) is 8.00. The van der Waals surface area contributed by atoms with Gasteiger partial charge in [-0.3, -0.25) is 0 Å². The summed E-state index contributed by atoms with van der Waals surface area (Å²) in [6, 6.07) is 76.8. The minimum absolute atomic E-state index is 0.655. The lowest BCUT2D eigenvalue weighted by molar-refractivity contribution is 1.01. The highest BCUT2D eigenvalue weighted by Gasteiger charge is 2.20. The van der Waals surface area contributed by atoms with Gasteiger partial charge in [-0.1, -0.05) is 206 Å². The van der Waals surface area contributed by atoms with Crippen LogP contribution in [0, 0.1) is 0 Å². The second-order valence-corrected chi connectivity index (χ2v) is 18.1. The number of aromatic nitrogens is 4. The number of allylic oxidation sites excluding steroid dienone is 6. The average molecular weight is 911 g/mol. The average Bonchev–Trinajstić information content (AvgIpc) is 3.80. The van der Waals surface area contributed by atoms with Crippen molar-refractivity contribution >= 4 is 59.7 Å². The molecule has 1 aliphatic carbocycles. The van der Waals surface area contributed by atoms with Crippen LogP contribution in [0.15, 0.2) is 243 Å². The van der Waals surface area contributed by atoms with Gasteiger partial charge in [-0.05, 0) is 129 Å². The second kappa shape index (κ2) is 18.8. The maximum atomic E-state index is 5.06. The Hall–Kier alpha value is -8.99. The van der Waals surface area contributed by atoms with Gasteiger partial charge in [-0.2, -0.15) is 0 Å². The van der Waals surface area contributed by atoms with Crippen LogP contribution < -0.4 is 0 Å². The zero-order chi connectivity index (χ0) is 47.7. The van der Waals surface area contributed by atoms with Gasteiger partial charge in [0, 0.05) is 33.2 Å². The van der Waals surface area contributed by atoms with Crippen molar-refractivity contribution in [2.45, 2.75) is 26.7 Å². The molecule has 2 aromatic heterocycles. The quantitative estimate of drug-likeness (QED) is 0.118. The van der Waals surface area contributed by atoms with Gasteiger partial charge >= 0.3 is 0 Å². The van der Waals surface area contributed by atoms with Gasteiger partial charge in [0.1, 0.15) is 0 Å². The normalized spacial score (nSPS) is 12.5. The van der Waals surface area contributed by atoms with E-state index in [1.54, 1.807) is 0 Å². The van der Waals surface area contributed by atoms with Crippen molar-refractivity contribution < 1.29 is 0 Å². The minimum atomic E-state index is 0.655. The Kier molecular flexibility index (Phi) is 11.5. The molecule has 0 spiro atoms. The van der Waals surface area contributed by atoms with Gasteiger partial charge in [0.05, 0.1) is 11.0 Å². The summed E-state index contributed by atoms with van der Waals surface area (Å²) in [6.45, 7) is 4.00. The summed E-state index contributed by atoms with van der Waals surface area (Å²) in [5, 5.41) is 10.1. The first-order valence-corrected chi connectivity index (χ1v) is 24.6. The molecule has 12 aromatic rings. The SMILES string of the molecule is C/C=C\C.C1=CC(c2nc(-c3ccccc3)nc(-c3cccc(-c4cccc(-n5c6ccccc6c6c(-c7ccccc7-c7ccc8c9ccccc9c9ccccc9c8c7)cccc65)c4)c3)n2)=CCC1. The van der Waals surface area contributed by atoms with Crippen molar-refractivity contribution in [3.63, 3.8) is 0 Å². The lowest BCUT2D eigenvalue weighted by Crippen LogP contribution is -2.03. The van der Waals surface area contributed by atoms with Crippen molar-refractivity contribution in [2.75, 3.05) is 0 Å². The number of fused-ring (bicyclic) bond motifs is 9. The van der Waals surface area contributed by atoms with E-state index in [1.807, 2.05) is 44.2 Å². The van der Waals surface area contributed by atoms with Crippen LogP contribution in [0.4, 0.5) is 0 Å². The fourth-order valence-electron chi connectivity index (χ4n) is 10.4. The van der Waals surface area contributed by atoms with E-state index >= 15 is 0 Å². The summed E-state index contributed by atoms with van der Waals surface area (Å²) in [5.41, 5.74) is 13.4. The predicted molar refractivity (Wildman–Crippen MR) is 301 cm³/mol. The third-order valence-electron chi connectivity index (χ3n) is 13.8. The summed E-state index contributed by atoms with van der Waals surface area (Å²) in [6.07, 6.45) is 12.5. The van der Waals surface area contributed by atoms with Crippen molar-refractivity contribution in [2.24, 2.45) is 0 Å². The minimum Gasteiger partial charge on any atom is -0.309 e. The first-order chi connectivity index (χ1) is 35.1. The highest BCUT2D eigenvalue weighted by atomic mass is 15.0. The molecule has 2 heterocycles. The molecule has 0 saturated carbocycles. The molecular formula is C67H50N4. The molecule has 4 heteroatoms. The van der Waals surface area contributed by atoms with Crippen molar-refractivity contribution in [1.29, 1.82) is 0 Å². The summed E-state index contributed by atoms with van der Waals surface area (Å²) in [5.74, 6) is 2.02. The van der Waals surface area contributed by atoms with Crippen LogP contribution in [-0.2, 0) is 0 Å². The molecular weight excluding hydrogens is 861 g/mol. The molecule has 0 amide bonds. The molecule has 10 aromatic carbocycles. The Morgan fingerprint density at radius 3 is 1.62 bits per heavy atom. The van der Waals surface area contributed by atoms with Crippen LogP contribution >= 0.6 is 0 Å². The highest BCUT2D eigenvalue weighted by Crippen LogP contribution is 2.44. The number of rotatable bonds is 7. The zero-order valence-corrected chi connectivity index (χ0v) is 39.8. The topological polar surface area (TPSA) is 43.6 Å². The first-order valence-electron chi connectivity index (χ1n) is 24.6. The first kappa shape index (κ1) is 43.3. The van der Waals surface area contributed by atoms with E-state index in [4.69, 9.17) is 15.0 Å². The summed E-state index contributed by atoms with van der Waals surface area (Å²) < 4.78 is 2.42. The molecule has 0 N–H and O–H groups in total. The maximum Gasteiger partial charge on any atom is 0.164 e. The van der Waals surface area contributed by atoms with Crippen LogP contribution in [0.25, 0.3) is 122 Å². The number of benzene rings is 10. The number of para-hydroxylation sites is 1.